The van der Waals surface area contributed by atoms with E-state index in [9.17, 15) is 8.78 Å². The molecule has 3 rings (SSSR count). The summed E-state index contributed by atoms with van der Waals surface area (Å²) in [5.41, 5.74) is 3.13. The van der Waals surface area contributed by atoms with Crippen LogP contribution < -0.4 is 5.32 Å². The van der Waals surface area contributed by atoms with Crippen molar-refractivity contribution in [2.75, 3.05) is 0 Å². The van der Waals surface area contributed by atoms with E-state index in [2.05, 4.69) is 5.32 Å². The largest absolute Gasteiger partial charge is 0.310 e. The monoisotopic (exact) mass is 273 g/mol. The van der Waals surface area contributed by atoms with E-state index in [4.69, 9.17) is 0 Å². The van der Waals surface area contributed by atoms with Gasteiger partial charge in [-0.1, -0.05) is 12.1 Å². The van der Waals surface area contributed by atoms with Gasteiger partial charge in [-0.25, -0.2) is 8.78 Å². The van der Waals surface area contributed by atoms with Crippen molar-refractivity contribution in [1.29, 1.82) is 0 Å². The first-order valence-corrected chi connectivity index (χ1v) is 6.91. The summed E-state index contributed by atoms with van der Waals surface area (Å²) in [6.07, 6.45) is 2.34. The van der Waals surface area contributed by atoms with Crippen molar-refractivity contribution >= 4 is 0 Å². The Bertz CT molecular complexity index is 613. The average molecular weight is 273 g/mol. The Morgan fingerprint density at radius 2 is 1.85 bits per heavy atom. The minimum atomic E-state index is -0.262. The predicted octanol–water partition coefficient (Wildman–Crippen LogP) is 4.19. The number of halogens is 2. The third-order valence-corrected chi connectivity index (χ3v) is 3.58. The second-order valence-corrected chi connectivity index (χ2v) is 5.48. The van der Waals surface area contributed by atoms with Gasteiger partial charge in [0.2, 0.25) is 0 Å². The fourth-order valence-electron chi connectivity index (χ4n) is 2.33. The van der Waals surface area contributed by atoms with Gasteiger partial charge in [0, 0.05) is 18.2 Å². The van der Waals surface area contributed by atoms with E-state index in [0.29, 0.717) is 18.2 Å². The minimum Gasteiger partial charge on any atom is -0.310 e. The van der Waals surface area contributed by atoms with E-state index in [-0.39, 0.29) is 11.6 Å². The molecule has 1 fully saturated rings. The van der Waals surface area contributed by atoms with Gasteiger partial charge in [-0.15, -0.1) is 0 Å². The topological polar surface area (TPSA) is 12.0 Å². The second kappa shape index (κ2) is 5.33. The minimum absolute atomic E-state index is 0.213. The number of hydrogen-bond donors (Lipinski definition) is 1. The van der Waals surface area contributed by atoms with Gasteiger partial charge in [0.1, 0.15) is 11.6 Å². The lowest BCUT2D eigenvalue weighted by molar-refractivity contribution is 0.587. The molecule has 0 aromatic heterocycles. The van der Waals surface area contributed by atoms with Crippen molar-refractivity contribution in [2.24, 2.45) is 0 Å². The molecule has 0 saturated heterocycles. The lowest BCUT2D eigenvalue weighted by Gasteiger charge is -2.09. The molecule has 1 aliphatic carbocycles. The van der Waals surface area contributed by atoms with Gasteiger partial charge in [-0.05, 0) is 60.7 Å². The number of hydrogen-bond acceptors (Lipinski definition) is 1. The fourth-order valence-corrected chi connectivity index (χ4v) is 2.33. The van der Waals surface area contributed by atoms with E-state index in [0.717, 1.165) is 16.7 Å². The number of aryl methyl sites for hydroxylation is 1. The molecule has 0 radical (unpaired) electrons. The van der Waals surface area contributed by atoms with Crippen molar-refractivity contribution in [3.63, 3.8) is 0 Å². The van der Waals surface area contributed by atoms with Crippen LogP contribution in [-0.2, 0) is 6.54 Å². The van der Waals surface area contributed by atoms with Crippen LogP contribution in [0.15, 0.2) is 36.4 Å². The normalized spacial score (nSPS) is 14.6. The highest BCUT2D eigenvalue weighted by Crippen LogP contribution is 2.25. The van der Waals surface area contributed by atoms with E-state index in [1.807, 2.05) is 13.0 Å². The Morgan fingerprint density at radius 1 is 1.05 bits per heavy atom. The summed E-state index contributed by atoms with van der Waals surface area (Å²) in [6.45, 7) is 2.38. The molecular formula is C17H17F2N. The molecule has 1 aliphatic rings. The van der Waals surface area contributed by atoms with Gasteiger partial charge in [-0.2, -0.15) is 0 Å². The summed E-state index contributed by atoms with van der Waals surface area (Å²) >= 11 is 0. The molecule has 20 heavy (non-hydrogen) atoms. The van der Waals surface area contributed by atoms with E-state index in [1.165, 1.54) is 31.0 Å². The zero-order valence-electron chi connectivity index (χ0n) is 11.4. The smallest absolute Gasteiger partial charge is 0.127 e. The van der Waals surface area contributed by atoms with Crippen LogP contribution in [0.4, 0.5) is 8.78 Å². The first-order valence-electron chi connectivity index (χ1n) is 6.91. The fraction of sp³-hybridized carbons (Fsp3) is 0.294. The van der Waals surface area contributed by atoms with Crippen LogP contribution in [0.3, 0.4) is 0 Å². The van der Waals surface area contributed by atoms with Gasteiger partial charge in [0.25, 0.3) is 0 Å². The summed E-state index contributed by atoms with van der Waals surface area (Å²) in [7, 11) is 0. The van der Waals surface area contributed by atoms with E-state index >= 15 is 0 Å². The molecule has 0 heterocycles. The zero-order chi connectivity index (χ0) is 14.1. The molecule has 2 aromatic rings. The van der Waals surface area contributed by atoms with Crippen LogP contribution in [0, 0.1) is 18.6 Å². The zero-order valence-corrected chi connectivity index (χ0v) is 11.4. The molecule has 104 valence electrons. The third-order valence-electron chi connectivity index (χ3n) is 3.58. The highest BCUT2D eigenvalue weighted by atomic mass is 19.1. The summed E-state index contributed by atoms with van der Waals surface area (Å²) in [5, 5.41) is 3.30. The molecule has 0 atom stereocenters. The number of nitrogens with one attached hydrogen (secondary N) is 1. The first-order chi connectivity index (χ1) is 9.61. The quantitative estimate of drug-likeness (QED) is 0.880. The Labute approximate surface area is 117 Å². The summed E-state index contributed by atoms with van der Waals surface area (Å²) in [5.74, 6) is -0.475. The summed E-state index contributed by atoms with van der Waals surface area (Å²) < 4.78 is 27.3. The van der Waals surface area contributed by atoms with Gasteiger partial charge in [0.15, 0.2) is 0 Å². The Kier molecular flexibility index (Phi) is 3.53. The van der Waals surface area contributed by atoms with Gasteiger partial charge in [-0.3, -0.25) is 0 Å². The molecule has 0 aliphatic heterocycles. The van der Waals surface area contributed by atoms with Crippen LogP contribution in [0.2, 0.25) is 0 Å². The average Bonchev–Trinajstić information content (AvgIpc) is 3.20. The van der Waals surface area contributed by atoms with Crippen LogP contribution in [-0.4, -0.2) is 6.04 Å². The van der Waals surface area contributed by atoms with E-state index in [1.54, 1.807) is 12.1 Å². The van der Waals surface area contributed by atoms with Crippen molar-refractivity contribution in [3.05, 3.63) is 59.2 Å². The van der Waals surface area contributed by atoms with Crippen molar-refractivity contribution in [1.82, 2.24) is 5.32 Å². The molecule has 0 bridgehead atoms. The lowest BCUT2D eigenvalue weighted by Crippen LogP contribution is -2.16. The Morgan fingerprint density at radius 3 is 2.55 bits per heavy atom. The molecule has 0 amide bonds. The van der Waals surface area contributed by atoms with Gasteiger partial charge >= 0.3 is 0 Å². The molecule has 0 spiro atoms. The highest BCUT2D eigenvalue weighted by molar-refractivity contribution is 5.65. The van der Waals surface area contributed by atoms with E-state index < -0.39 is 0 Å². The maximum Gasteiger partial charge on any atom is 0.127 e. The summed E-state index contributed by atoms with van der Waals surface area (Å²) in [6, 6.07) is 10.4. The molecule has 0 unspecified atom stereocenters. The van der Waals surface area contributed by atoms with Gasteiger partial charge < -0.3 is 5.32 Å². The highest BCUT2D eigenvalue weighted by Gasteiger charge is 2.20. The first kappa shape index (κ1) is 13.3. The number of rotatable bonds is 4. The third kappa shape index (κ3) is 3.05. The molecule has 1 saturated carbocycles. The SMILES string of the molecule is Cc1cc(F)cc(-c2ccc(F)c(CNC3CC3)c2)c1. The maximum absolute atomic E-state index is 13.8. The van der Waals surface area contributed by atoms with Crippen molar-refractivity contribution < 1.29 is 8.78 Å². The lowest BCUT2D eigenvalue weighted by atomic mass is 10.0. The Hall–Kier alpha value is -1.74. The van der Waals surface area contributed by atoms with Crippen LogP contribution in [0.1, 0.15) is 24.0 Å². The molecule has 3 heteroatoms. The van der Waals surface area contributed by atoms with Crippen molar-refractivity contribution in [2.45, 2.75) is 32.4 Å². The molecule has 2 aromatic carbocycles. The maximum atomic E-state index is 13.8. The van der Waals surface area contributed by atoms with Gasteiger partial charge in [0.05, 0.1) is 0 Å². The summed E-state index contributed by atoms with van der Waals surface area (Å²) in [4.78, 5) is 0. The van der Waals surface area contributed by atoms with Crippen LogP contribution >= 0.6 is 0 Å². The van der Waals surface area contributed by atoms with Crippen LogP contribution in [0.5, 0.6) is 0 Å². The standard InChI is InChI=1S/C17H17F2N/c1-11-6-13(9-15(18)7-11)12-2-5-17(19)14(8-12)10-20-16-3-4-16/h2,5-9,16,20H,3-4,10H2,1H3. The molecule has 1 N–H and O–H groups in total. The Balaban J connectivity index is 1.90. The van der Waals surface area contributed by atoms with Crippen LogP contribution in [0.25, 0.3) is 11.1 Å². The second-order valence-electron chi connectivity index (χ2n) is 5.48. The van der Waals surface area contributed by atoms with Crippen molar-refractivity contribution in [3.8, 4) is 11.1 Å². The number of benzene rings is 2. The molecule has 1 nitrogen and oxygen atoms in total. The predicted molar refractivity (Wildman–Crippen MR) is 76.4 cm³/mol. The molecular weight excluding hydrogens is 256 g/mol.